The maximum atomic E-state index is 13.2. The first-order valence-corrected chi connectivity index (χ1v) is 11.0. The Morgan fingerprint density at radius 1 is 0.938 bits per heavy atom. The Balaban J connectivity index is 1.55. The van der Waals surface area contributed by atoms with Crippen molar-refractivity contribution in [3.05, 3.63) is 95.0 Å². The van der Waals surface area contributed by atoms with Crippen LogP contribution in [-0.4, -0.2) is 36.9 Å². The van der Waals surface area contributed by atoms with E-state index in [0.717, 1.165) is 11.3 Å². The smallest absolute Gasteiger partial charge is 0.253 e. The van der Waals surface area contributed by atoms with Crippen LogP contribution in [0.3, 0.4) is 0 Å². The van der Waals surface area contributed by atoms with Crippen LogP contribution in [0.15, 0.2) is 78.9 Å². The fraction of sp³-hybridized carbons (Fsp3) is 0.231. The summed E-state index contributed by atoms with van der Waals surface area (Å²) in [7, 11) is 1.60. The van der Waals surface area contributed by atoms with Gasteiger partial charge in [-0.15, -0.1) is 0 Å². The third-order valence-electron chi connectivity index (χ3n) is 5.83. The number of halogens is 1. The zero-order valence-electron chi connectivity index (χ0n) is 17.8. The molecule has 0 radical (unpaired) electrons. The lowest BCUT2D eigenvalue weighted by Gasteiger charge is -2.37. The molecule has 1 N–H and O–H groups in total. The number of nitrogens with one attached hydrogen (secondary N) is 1. The number of piperidine rings is 1. The van der Waals surface area contributed by atoms with Gasteiger partial charge in [-0.25, -0.2) is 0 Å². The molecule has 6 heteroatoms. The van der Waals surface area contributed by atoms with Crippen LogP contribution in [0.5, 0.6) is 5.75 Å². The number of anilines is 1. The largest absolute Gasteiger partial charge is 0.497 e. The fourth-order valence-electron chi connectivity index (χ4n) is 4.12. The van der Waals surface area contributed by atoms with Gasteiger partial charge in [-0.2, -0.15) is 0 Å². The van der Waals surface area contributed by atoms with Gasteiger partial charge in [0.25, 0.3) is 5.91 Å². The summed E-state index contributed by atoms with van der Waals surface area (Å²) >= 11 is 5.98. The molecule has 0 spiro atoms. The van der Waals surface area contributed by atoms with Crippen LogP contribution in [0.25, 0.3) is 0 Å². The molecule has 0 unspecified atom stereocenters. The first kappa shape index (κ1) is 21.9. The first-order valence-electron chi connectivity index (χ1n) is 10.6. The minimum absolute atomic E-state index is 0.0767. The second-order valence-corrected chi connectivity index (χ2v) is 8.41. The minimum atomic E-state index is -0.327. The molecule has 4 rings (SSSR count). The molecule has 2 amide bonds. The zero-order chi connectivity index (χ0) is 22.5. The van der Waals surface area contributed by atoms with Crippen LogP contribution in [0.4, 0.5) is 5.69 Å². The standard InChI is InChI=1S/C26H25ClN2O3/c1-32-24-13-11-23(12-14-24)28-25(30)21-15-20(18-5-3-2-4-6-18)16-29(17-21)26(31)19-7-9-22(27)10-8-19/h2-14,20-21H,15-17H2,1H3,(H,28,30)/t20-,21+/m0/s1. The minimum Gasteiger partial charge on any atom is -0.497 e. The van der Waals surface area contributed by atoms with Gasteiger partial charge >= 0.3 is 0 Å². The SMILES string of the molecule is COc1ccc(NC(=O)[C@@H]2C[C@H](c3ccccc3)CN(C(=O)c3ccc(Cl)cc3)C2)cc1. The van der Waals surface area contributed by atoms with Gasteiger partial charge in [0.2, 0.25) is 5.91 Å². The predicted molar refractivity (Wildman–Crippen MR) is 126 cm³/mol. The van der Waals surface area contributed by atoms with E-state index in [0.29, 0.717) is 35.8 Å². The Bertz CT molecular complexity index is 1070. The quantitative estimate of drug-likeness (QED) is 0.581. The maximum Gasteiger partial charge on any atom is 0.253 e. The predicted octanol–water partition coefficient (Wildman–Crippen LogP) is 5.23. The zero-order valence-corrected chi connectivity index (χ0v) is 18.6. The number of ether oxygens (including phenoxy) is 1. The Morgan fingerprint density at radius 2 is 1.62 bits per heavy atom. The molecule has 0 aliphatic carbocycles. The van der Waals surface area contributed by atoms with Crippen LogP contribution in [0.1, 0.15) is 28.3 Å². The number of nitrogens with zero attached hydrogens (tertiary/aromatic N) is 1. The fourth-order valence-corrected chi connectivity index (χ4v) is 4.24. The highest BCUT2D eigenvalue weighted by molar-refractivity contribution is 6.30. The molecular formula is C26H25ClN2O3. The lowest BCUT2D eigenvalue weighted by molar-refractivity contribution is -0.121. The van der Waals surface area contributed by atoms with Crippen molar-refractivity contribution in [1.29, 1.82) is 0 Å². The second kappa shape index (κ2) is 9.88. The Morgan fingerprint density at radius 3 is 2.28 bits per heavy atom. The van der Waals surface area contributed by atoms with E-state index in [9.17, 15) is 9.59 Å². The summed E-state index contributed by atoms with van der Waals surface area (Å²) in [6.45, 7) is 0.935. The van der Waals surface area contributed by atoms with Crippen LogP contribution in [0, 0.1) is 5.92 Å². The van der Waals surface area contributed by atoms with Crippen molar-refractivity contribution in [1.82, 2.24) is 4.90 Å². The molecule has 0 bridgehead atoms. The molecule has 1 saturated heterocycles. The monoisotopic (exact) mass is 448 g/mol. The van der Waals surface area contributed by atoms with Gasteiger partial charge in [0.15, 0.2) is 0 Å². The van der Waals surface area contributed by atoms with Crippen LogP contribution >= 0.6 is 11.6 Å². The topological polar surface area (TPSA) is 58.6 Å². The van der Waals surface area contributed by atoms with Crippen molar-refractivity contribution in [3.8, 4) is 5.75 Å². The van der Waals surface area contributed by atoms with Gasteiger partial charge in [-0.3, -0.25) is 9.59 Å². The summed E-state index contributed by atoms with van der Waals surface area (Å²) in [6.07, 6.45) is 0.677. The molecule has 1 aliphatic rings. The summed E-state index contributed by atoms with van der Waals surface area (Å²) in [5, 5.41) is 3.57. The van der Waals surface area contributed by atoms with E-state index in [1.165, 1.54) is 0 Å². The number of amides is 2. The average Bonchev–Trinajstić information content (AvgIpc) is 2.85. The van der Waals surface area contributed by atoms with Crippen molar-refractivity contribution in [2.24, 2.45) is 5.92 Å². The second-order valence-electron chi connectivity index (χ2n) is 7.98. The maximum absolute atomic E-state index is 13.2. The van der Waals surface area contributed by atoms with Crippen LogP contribution in [0.2, 0.25) is 5.02 Å². The van der Waals surface area contributed by atoms with Crippen LogP contribution in [-0.2, 0) is 4.79 Å². The van der Waals surface area contributed by atoms with E-state index in [-0.39, 0.29) is 23.7 Å². The summed E-state index contributed by atoms with van der Waals surface area (Å²) in [6, 6.07) is 24.2. The number of carbonyl (C=O) groups excluding carboxylic acids is 2. The van der Waals surface area contributed by atoms with Crippen molar-refractivity contribution < 1.29 is 14.3 Å². The van der Waals surface area contributed by atoms with Crippen molar-refractivity contribution >= 4 is 29.1 Å². The molecule has 5 nitrogen and oxygen atoms in total. The molecule has 1 aliphatic heterocycles. The van der Waals surface area contributed by atoms with Gasteiger partial charge < -0.3 is 15.0 Å². The normalized spacial score (nSPS) is 18.1. The van der Waals surface area contributed by atoms with E-state index >= 15 is 0 Å². The van der Waals surface area contributed by atoms with Gasteiger partial charge in [-0.1, -0.05) is 41.9 Å². The highest BCUT2D eigenvalue weighted by atomic mass is 35.5. The Kier molecular flexibility index (Phi) is 6.76. The van der Waals surface area contributed by atoms with Crippen molar-refractivity contribution in [2.75, 3.05) is 25.5 Å². The van der Waals surface area contributed by atoms with Gasteiger partial charge in [0, 0.05) is 35.3 Å². The number of likely N-dealkylation sites (tertiary alicyclic amines) is 1. The van der Waals surface area contributed by atoms with Gasteiger partial charge in [0.05, 0.1) is 13.0 Å². The average molecular weight is 449 g/mol. The van der Waals surface area contributed by atoms with E-state index in [1.54, 1.807) is 48.4 Å². The molecule has 32 heavy (non-hydrogen) atoms. The van der Waals surface area contributed by atoms with Crippen molar-refractivity contribution in [3.63, 3.8) is 0 Å². The van der Waals surface area contributed by atoms with Gasteiger partial charge in [-0.05, 0) is 60.5 Å². The third-order valence-corrected chi connectivity index (χ3v) is 6.08. The third kappa shape index (κ3) is 5.11. The highest BCUT2D eigenvalue weighted by Crippen LogP contribution is 2.32. The number of methoxy groups -OCH3 is 1. The highest BCUT2D eigenvalue weighted by Gasteiger charge is 2.35. The van der Waals surface area contributed by atoms with Gasteiger partial charge in [0.1, 0.15) is 5.75 Å². The molecule has 164 valence electrons. The van der Waals surface area contributed by atoms with E-state index < -0.39 is 0 Å². The summed E-state index contributed by atoms with van der Waals surface area (Å²) in [5.74, 6) is 0.291. The summed E-state index contributed by atoms with van der Waals surface area (Å²) in [4.78, 5) is 28.2. The first-order chi connectivity index (χ1) is 15.5. The Hall–Kier alpha value is -3.31. The lowest BCUT2D eigenvalue weighted by atomic mass is 9.83. The molecule has 3 aromatic rings. The molecule has 0 aromatic heterocycles. The molecule has 0 saturated carbocycles. The number of hydrogen-bond donors (Lipinski definition) is 1. The Labute approximate surface area is 193 Å². The molecular weight excluding hydrogens is 424 g/mol. The van der Waals surface area contributed by atoms with Crippen LogP contribution < -0.4 is 10.1 Å². The lowest BCUT2D eigenvalue weighted by Crippen LogP contribution is -2.46. The molecule has 1 fully saturated rings. The van der Waals surface area contributed by atoms with E-state index in [2.05, 4.69) is 17.4 Å². The summed E-state index contributed by atoms with van der Waals surface area (Å²) < 4.78 is 5.18. The summed E-state index contributed by atoms with van der Waals surface area (Å²) in [5.41, 5.74) is 2.40. The number of benzene rings is 3. The van der Waals surface area contributed by atoms with E-state index in [1.807, 2.05) is 30.3 Å². The van der Waals surface area contributed by atoms with Crippen molar-refractivity contribution in [2.45, 2.75) is 12.3 Å². The molecule has 3 aromatic carbocycles. The molecule has 2 atom stereocenters. The number of hydrogen-bond acceptors (Lipinski definition) is 3. The molecule has 1 heterocycles. The van der Waals surface area contributed by atoms with E-state index in [4.69, 9.17) is 16.3 Å². The number of carbonyl (C=O) groups is 2. The number of rotatable bonds is 5.